The minimum Gasteiger partial charge on any atom is -0.326 e. The van der Waals surface area contributed by atoms with Gasteiger partial charge in [-0.2, -0.15) is 0 Å². The van der Waals surface area contributed by atoms with Crippen LogP contribution in [0.2, 0.25) is 0 Å². The summed E-state index contributed by atoms with van der Waals surface area (Å²) in [7, 11) is 0. The highest BCUT2D eigenvalue weighted by atomic mass is 16.2. The van der Waals surface area contributed by atoms with Gasteiger partial charge in [0.15, 0.2) is 5.78 Å². The Balaban J connectivity index is 1.69. The van der Waals surface area contributed by atoms with Gasteiger partial charge < -0.3 is 10.2 Å². The van der Waals surface area contributed by atoms with Crippen LogP contribution in [0.4, 0.5) is 11.4 Å². The van der Waals surface area contributed by atoms with Gasteiger partial charge >= 0.3 is 0 Å². The van der Waals surface area contributed by atoms with E-state index in [0.29, 0.717) is 17.8 Å². The first kappa shape index (κ1) is 17.9. The third-order valence-electron chi connectivity index (χ3n) is 4.70. The quantitative estimate of drug-likeness (QED) is 0.858. The molecule has 0 saturated carbocycles. The Kier molecular flexibility index (Phi) is 4.89. The Morgan fingerprint density at radius 1 is 1.08 bits per heavy atom. The second-order valence-corrected chi connectivity index (χ2v) is 6.82. The van der Waals surface area contributed by atoms with Crippen molar-refractivity contribution < 1.29 is 14.4 Å². The van der Waals surface area contributed by atoms with Gasteiger partial charge in [0.1, 0.15) is 0 Å². The van der Waals surface area contributed by atoms with Crippen LogP contribution in [0.3, 0.4) is 0 Å². The summed E-state index contributed by atoms with van der Waals surface area (Å²) in [4.78, 5) is 38.0. The molecule has 1 N–H and O–H groups in total. The van der Waals surface area contributed by atoms with Gasteiger partial charge in [0.05, 0.1) is 5.92 Å². The average Bonchev–Trinajstić information content (AvgIpc) is 2.97. The number of carbonyl (C=O) groups excluding carboxylic acids is 3. The smallest absolute Gasteiger partial charge is 0.229 e. The van der Waals surface area contributed by atoms with Crippen LogP contribution in [0.25, 0.3) is 0 Å². The third-order valence-corrected chi connectivity index (χ3v) is 4.70. The molecule has 2 amide bonds. The Labute approximate surface area is 153 Å². The van der Waals surface area contributed by atoms with Gasteiger partial charge in [-0.05, 0) is 56.7 Å². The first-order chi connectivity index (χ1) is 12.3. The van der Waals surface area contributed by atoms with Gasteiger partial charge in [-0.3, -0.25) is 14.4 Å². The molecule has 0 radical (unpaired) electrons. The molecule has 0 aliphatic carbocycles. The van der Waals surface area contributed by atoms with Crippen LogP contribution in [-0.4, -0.2) is 24.1 Å². The molecule has 1 unspecified atom stereocenters. The number of hydrogen-bond acceptors (Lipinski definition) is 3. The molecule has 1 aliphatic heterocycles. The van der Waals surface area contributed by atoms with Gasteiger partial charge in [-0.15, -0.1) is 0 Å². The van der Waals surface area contributed by atoms with E-state index in [4.69, 9.17) is 0 Å². The average molecular weight is 350 g/mol. The van der Waals surface area contributed by atoms with Crippen LogP contribution in [0.15, 0.2) is 42.5 Å². The van der Waals surface area contributed by atoms with Crippen LogP contribution in [0.5, 0.6) is 0 Å². The summed E-state index contributed by atoms with van der Waals surface area (Å²) in [6.45, 7) is 5.86. The number of anilines is 2. The maximum absolute atomic E-state index is 12.5. The fraction of sp³-hybridized carbons (Fsp3) is 0.286. The number of hydrogen-bond donors (Lipinski definition) is 1. The standard InChI is InChI=1S/C21H22N2O3/c1-13-4-9-19(14(2)10-13)23-12-17(11-20(23)25)21(26)22-18-7-5-16(6-8-18)15(3)24/h4-10,17H,11-12H2,1-3H3,(H,22,26). The lowest BCUT2D eigenvalue weighted by Crippen LogP contribution is -2.28. The Morgan fingerprint density at radius 2 is 1.77 bits per heavy atom. The molecule has 5 nitrogen and oxygen atoms in total. The maximum Gasteiger partial charge on any atom is 0.229 e. The SMILES string of the molecule is CC(=O)c1ccc(NC(=O)C2CC(=O)N(c3ccc(C)cc3C)C2)cc1. The molecule has 1 aliphatic rings. The normalized spacial score (nSPS) is 16.7. The van der Waals surface area contributed by atoms with Crippen molar-refractivity contribution in [2.24, 2.45) is 5.92 Å². The van der Waals surface area contributed by atoms with Crippen molar-refractivity contribution >= 4 is 29.0 Å². The minimum absolute atomic E-state index is 0.0200. The summed E-state index contributed by atoms with van der Waals surface area (Å²) < 4.78 is 0. The highest BCUT2D eigenvalue weighted by molar-refractivity contribution is 6.04. The van der Waals surface area contributed by atoms with Crippen LogP contribution >= 0.6 is 0 Å². The monoisotopic (exact) mass is 350 g/mol. The zero-order chi connectivity index (χ0) is 18.8. The van der Waals surface area contributed by atoms with E-state index >= 15 is 0 Å². The lowest BCUT2D eigenvalue weighted by molar-refractivity contribution is -0.122. The molecule has 5 heteroatoms. The molecule has 0 aromatic heterocycles. The van der Waals surface area contributed by atoms with E-state index in [0.717, 1.165) is 16.8 Å². The summed E-state index contributed by atoms with van der Waals surface area (Å²) in [6, 6.07) is 12.7. The lowest BCUT2D eigenvalue weighted by atomic mass is 10.1. The molecule has 1 atom stereocenters. The van der Waals surface area contributed by atoms with E-state index in [1.165, 1.54) is 6.92 Å². The van der Waals surface area contributed by atoms with Crippen molar-refractivity contribution in [1.29, 1.82) is 0 Å². The minimum atomic E-state index is -0.393. The topological polar surface area (TPSA) is 66.5 Å². The second-order valence-electron chi connectivity index (χ2n) is 6.82. The molecule has 1 heterocycles. The number of Topliss-reactive ketones (excluding diaryl/α,β-unsaturated/α-hetero) is 1. The van der Waals surface area contributed by atoms with Crippen molar-refractivity contribution in [3.05, 3.63) is 59.2 Å². The van der Waals surface area contributed by atoms with Crippen LogP contribution in [-0.2, 0) is 9.59 Å². The van der Waals surface area contributed by atoms with Gasteiger partial charge in [0.25, 0.3) is 0 Å². The molecule has 0 spiro atoms. The third kappa shape index (κ3) is 3.67. The van der Waals surface area contributed by atoms with Crippen molar-refractivity contribution in [2.45, 2.75) is 27.2 Å². The van der Waals surface area contributed by atoms with Gasteiger partial charge in [-0.1, -0.05) is 17.7 Å². The van der Waals surface area contributed by atoms with Crippen molar-refractivity contribution in [3.63, 3.8) is 0 Å². The maximum atomic E-state index is 12.5. The summed E-state index contributed by atoms with van der Waals surface area (Å²) in [5.41, 5.74) is 4.25. The van der Waals surface area contributed by atoms with Gasteiger partial charge in [0.2, 0.25) is 11.8 Å². The zero-order valence-corrected chi connectivity index (χ0v) is 15.2. The van der Waals surface area contributed by atoms with E-state index in [1.54, 1.807) is 29.2 Å². The summed E-state index contributed by atoms with van der Waals surface area (Å²) >= 11 is 0. The van der Waals surface area contributed by atoms with Crippen molar-refractivity contribution in [2.75, 3.05) is 16.8 Å². The first-order valence-electron chi connectivity index (χ1n) is 8.64. The predicted molar refractivity (Wildman–Crippen MR) is 101 cm³/mol. The van der Waals surface area contributed by atoms with E-state index in [1.807, 2.05) is 32.0 Å². The van der Waals surface area contributed by atoms with Crippen molar-refractivity contribution in [1.82, 2.24) is 0 Å². The molecule has 3 rings (SSSR count). The Morgan fingerprint density at radius 3 is 2.38 bits per heavy atom. The number of nitrogens with one attached hydrogen (secondary N) is 1. The van der Waals surface area contributed by atoms with Crippen molar-refractivity contribution in [3.8, 4) is 0 Å². The van der Waals surface area contributed by atoms with Gasteiger partial charge in [-0.25, -0.2) is 0 Å². The van der Waals surface area contributed by atoms with E-state index < -0.39 is 5.92 Å². The first-order valence-corrected chi connectivity index (χ1v) is 8.64. The number of nitrogens with zero attached hydrogens (tertiary/aromatic N) is 1. The molecule has 134 valence electrons. The molecular formula is C21H22N2O3. The fourth-order valence-corrected chi connectivity index (χ4v) is 3.26. The number of rotatable bonds is 4. The Bertz CT molecular complexity index is 871. The molecule has 2 aromatic rings. The predicted octanol–water partition coefficient (Wildman–Crippen LogP) is 3.50. The second kappa shape index (κ2) is 7.12. The van der Waals surface area contributed by atoms with E-state index in [9.17, 15) is 14.4 Å². The van der Waals surface area contributed by atoms with Crippen LogP contribution < -0.4 is 10.2 Å². The molecule has 26 heavy (non-hydrogen) atoms. The fourth-order valence-electron chi connectivity index (χ4n) is 3.26. The van der Waals surface area contributed by atoms with Crippen LogP contribution in [0, 0.1) is 19.8 Å². The molecule has 0 bridgehead atoms. The largest absolute Gasteiger partial charge is 0.326 e. The summed E-state index contributed by atoms with van der Waals surface area (Å²) in [5.74, 6) is -0.630. The summed E-state index contributed by atoms with van der Waals surface area (Å²) in [5, 5.41) is 2.84. The summed E-state index contributed by atoms with van der Waals surface area (Å²) in [6.07, 6.45) is 0.199. The molecular weight excluding hydrogens is 328 g/mol. The Hall–Kier alpha value is -2.95. The number of amides is 2. The number of ketones is 1. The lowest BCUT2D eigenvalue weighted by Gasteiger charge is -2.19. The zero-order valence-electron chi connectivity index (χ0n) is 15.2. The molecule has 1 saturated heterocycles. The van der Waals surface area contributed by atoms with E-state index in [-0.39, 0.29) is 24.0 Å². The highest BCUT2D eigenvalue weighted by Crippen LogP contribution is 2.29. The van der Waals surface area contributed by atoms with E-state index in [2.05, 4.69) is 5.32 Å². The number of benzene rings is 2. The highest BCUT2D eigenvalue weighted by Gasteiger charge is 2.35. The number of aryl methyl sites for hydroxylation is 2. The molecule has 1 fully saturated rings. The number of carbonyl (C=O) groups is 3. The van der Waals surface area contributed by atoms with Crippen LogP contribution in [0.1, 0.15) is 34.8 Å². The molecule has 2 aromatic carbocycles. The van der Waals surface area contributed by atoms with Gasteiger partial charge in [0, 0.05) is 29.9 Å².